The number of rotatable bonds is 1. The Morgan fingerprint density at radius 3 is 2.79 bits per heavy atom. The van der Waals surface area contributed by atoms with E-state index < -0.39 is 0 Å². The monoisotopic (exact) mass is 193 g/mol. The number of carbonyl (C=O) groups excluding carboxylic acids is 1. The zero-order valence-electron chi connectivity index (χ0n) is 8.17. The zero-order chi connectivity index (χ0) is 10.3. The van der Waals surface area contributed by atoms with Crippen LogP contribution in [0.3, 0.4) is 0 Å². The lowest BCUT2D eigenvalue weighted by Gasteiger charge is -2.12. The number of hydrogen-bond acceptors (Lipinski definition) is 1. The Labute approximate surface area is 82.1 Å². The van der Waals surface area contributed by atoms with E-state index in [4.69, 9.17) is 0 Å². The molecule has 0 unspecified atom stereocenters. The summed E-state index contributed by atoms with van der Waals surface area (Å²) in [5.41, 5.74) is 1.14. The van der Waals surface area contributed by atoms with Crippen LogP contribution in [0.25, 0.3) is 0 Å². The summed E-state index contributed by atoms with van der Waals surface area (Å²) >= 11 is 0. The Morgan fingerprint density at radius 1 is 1.43 bits per heavy atom. The normalized spacial score (nSPS) is 19.7. The smallest absolute Gasteiger partial charge is 0.232 e. The molecule has 1 N–H and O–H groups in total. The molecule has 74 valence electrons. The van der Waals surface area contributed by atoms with Gasteiger partial charge in [-0.1, -0.05) is 19.9 Å². The van der Waals surface area contributed by atoms with Gasteiger partial charge in [0.2, 0.25) is 5.91 Å². The van der Waals surface area contributed by atoms with Crippen LogP contribution in [0, 0.1) is 11.7 Å². The van der Waals surface area contributed by atoms with Gasteiger partial charge in [-0.2, -0.15) is 0 Å². The summed E-state index contributed by atoms with van der Waals surface area (Å²) in [5, 5.41) is 2.69. The molecule has 1 aromatic carbocycles. The van der Waals surface area contributed by atoms with Gasteiger partial charge >= 0.3 is 0 Å². The molecule has 0 saturated carbocycles. The van der Waals surface area contributed by atoms with Crippen LogP contribution >= 0.6 is 0 Å². The van der Waals surface area contributed by atoms with E-state index in [0.29, 0.717) is 11.3 Å². The molecule has 1 amide bonds. The van der Waals surface area contributed by atoms with Gasteiger partial charge in [-0.25, -0.2) is 4.39 Å². The lowest BCUT2D eigenvalue weighted by molar-refractivity contribution is -0.117. The van der Waals surface area contributed by atoms with E-state index >= 15 is 0 Å². The molecule has 0 radical (unpaired) electrons. The summed E-state index contributed by atoms with van der Waals surface area (Å²) in [4.78, 5) is 11.5. The molecule has 2 nitrogen and oxygen atoms in total. The van der Waals surface area contributed by atoms with Crippen molar-refractivity contribution in [3.8, 4) is 0 Å². The van der Waals surface area contributed by atoms with Crippen LogP contribution in [0.4, 0.5) is 10.1 Å². The van der Waals surface area contributed by atoms with Gasteiger partial charge in [-0.3, -0.25) is 4.79 Å². The van der Waals surface area contributed by atoms with Crippen LogP contribution in [0.5, 0.6) is 0 Å². The maximum atomic E-state index is 13.5. The number of hydrogen-bond donors (Lipinski definition) is 1. The third-order valence-electron chi connectivity index (χ3n) is 2.57. The minimum absolute atomic E-state index is 0.0971. The Bertz CT molecular complexity index is 387. The van der Waals surface area contributed by atoms with Crippen LogP contribution in [-0.4, -0.2) is 5.91 Å². The molecule has 1 aliphatic heterocycles. The van der Waals surface area contributed by atoms with Gasteiger partial charge in [-0.15, -0.1) is 0 Å². The highest BCUT2D eigenvalue weighted by atomic mass is 19.1. The third-order valence-corrected chi connectivity index (χ3v) is 2.57. The van der Waals surface area contributed by atoms with Gasteiger partial charge in [0.15, 0.2) is 0 Å². The standard InChI is InChI=1S/C11H12FNO/c1-6(2)9-10-7(12)4-3-5-8(10)13-11(9)14/h3-6,9H,1-2H3,(H,13,14)/t9-/m1/s1. The third kappa shape index (κ3) is 1.20. The highest BCUT2D eigenvalue weighted by Crippen LogP contribution is 2.38. The summed E-state index contributed by atoms with van der Waals surface area (Å²) in [6.45, 7) is 3.84. The Hall–Kier alpha value is -1.38. The summed E-state index contributed by atoms with van der Waals surface area (Å²) in [6.07, 6.45) is 0. The van der Waals surface area contributed by atoms with Crippen molar-refractivity contribution in [3.63, 3.8) is 0 Å². The quantitative estimate of drug-likeness (QED) is 0.729. The van der Waals surface area contributed by atoms with Crippen molar-refractivity contribution < 1.29 is 9.18 Å². The van der Waals surface area contributed by atoms with Gasteiger partial charge in [0.25, 0.3) is 0 Å². The fourth-order valence-corrected chi connectivity index (χ4v) is 1.94. The first kappa shape index (κ1) is 9.19. The second kappa shape index (κ2) is 3.08. The average Bonchev–Trinajstić information content (AvgIpc) is 2.42. The predicted molar refractivity (Wildman–Crippen MR) is 52.6 cm³/mol. The molecule has 0 fully saturated rings. The number of fused-ring (bicyclic) bond motifs is 1. The summed E-state index contributed by atoms with van der Waals surface area (Å²) < 4.78 is 13.5. The van der Waals surface area contributed by atoms with Gasteiger partial charge in [-0.05, 0) is 18.1 Å². The first-order valence-electron chi connectivity index (χ1n) is 4.70. The zero-order valence-corrected chi connectivity index (χ0v) is 8.17. The van der Waals surface area contributed by atoms with Crippen LogP contribution in [0.15, 0.2) is 18.2 Å². The Balaban J connectivity index is 2.55. The topological polar surface area (TPSA) is 29.1 Å². The van der Waals surface area contributed by atoms with E-state index in [1.807, 2.05) is 13.8 Å². The van der Waals surface area contributed by atoms with Gasteiger partial charge in [0, 0.05) is 11.3 Å². The van der Waals surface area contributed by atoms with Crippen molar-refractivity contribution in [1.82, 2.24) is 0 Å². The van der Waals surface area contributed by atoms with Crippen LogP contribution in [0.1, 0.15) is 25.3 Å². The number of benzene rings is 1. The Kier molecular flexibility index (Phi) is 2.02. The largest absolute Gasteiger partial charge is 0.325 e. The maximum absolute atomic E-state index is 13.5. The molecule has 0 saturated heterocycles. The molecular weight excluding hydrogens is 181 g/mol. The van der Waals surface area contributed by atoms with Crippen molar-refractivity contribution >= 4 is 11.6 Å². The fraction of sp³-hybridized carbons (Fsp3) is 0.364. The Morgan fingerprint density at radius 2 is 2.14 bits per heavy atom. The van der Waals surface area contributed by atoms with Crippen molar-refractivity contribution in [1.29, 1.82) is 0 Å². The van der Waals surface area contributed by atoms with Crippen LogP contribution in [-0.2, 0) is 4.79 Å². The maximum Gasteiger partial charge on any atom is 0.232 e. The lowest BCUT2D eigenvalue weighted by Crippen LogP contribution is -2.17. The molecule has 0 aromatic heterocycles. The fourth-order valence-electron chi connectivity index (χ4n) is 1.94. The molecule has 0 aliphatic carbocycles. The minimum Gasteiger partial charge on any atom is -0.325 e. The second-order valence-electron chi connectivity index (χ2n) is 3.91. The molecular formula is C11H12FNO. The predicted octanol–water partition coefficient (Wildman–Crippen LogP) is 2.52. The van der Waals surface area contributed by atoms with E-state index in [0.717, 1.165) is 0 Å². The molecule has 2 rings (SSSR count). The SMILES string of the molecule is CC(C)[C@H]1C(=O)Nc2cccc(F)c21. The lowest BCUT2D eigenvalue weighted by atomic mass is 9.89. The van der Waals surface area contributed by atoms with Crippen molar-refractivity contribution in [2.45, 2.75) is 19.8 Å². The number of anilines is 1. The van der Waals surface area contributed by atoms with Gasteiger partial charge in [0.05, 0.1) is 5.92 Å². The average molecular weight is 193 g/mol. The number of halogens is 1. The molecule has 1 aromatic rings. The molecule has 1 aliphatic rings. The van der Waals surface area contributed by atoms with Crippen molar-refractivity contribution in [2.24, 2.45) is 5.92 Å². The van der Waals surface area contributed by atoms with Crippen molar-refractivity contribution in [2.75, 3.05) is 5.32 Å². The first-order valence-corrected chi connectivity index (χ1v) is 4.70. The number of nitrogens with one attached hydrogen (secondary N) is 1. The van der Waals surface area contributed by atoms with Gasteiger partial charge < -0.3 is 5.32 Å². The molecule has 0 bridgehead atoms. The first-order chi connectivity index (χ1) is 6.61. The van der Waals surface area contributed by atoms with Crippen molar-refractivity contribution in [3.05, 3.63) is 29.6 Å². The molecule has 3 heteroatoms. The summed E-state index contributed by atoms with van der Waals surface area (Å²) in [6, 6.07) is 4.74. The summed E-state index contributed by atoms with van der Waals surface area (Å²) in [5.74, 6) is -0.612. The minimum atomic E-state index is -0.341. The van der Waals surface area contributed by atoms with E-state index in [9.17, 15) is 9.18 Å². The highest BCUT2D eigenvalue weighted by Gasteiger charge is 2.34. The summed E-state index contributed by atoms with van der Waals surface area (Å²) in [7, 11) is 0. The molecule has 0 spiro atoms. The van der Waals surface area contributed by atoms with E-state index in [2.05, 4.69) is 5.32 Å². The van der Waals surface area contributed by atoms with E-state index in [1.165, 1.54) is 6.07 Å². The molecule has 1 atom stereocenters. The number of amides is 1. The highest BCUT2D eigenvalue weighted by molar-refractivity contribution is 6.03. The van der Waals surface area contributed by atoms with Gasteiger partial charge in [0.1, 0.15) is 5.82 Å². The second-order valence-corrected chi connectivity index (χ2v) is 3.91. The molecule has 1 heterocycles. The molecule has 14 heavy (non-hydrogen) atoms. The van der Waals surface area contributed by atoms with E-state index in [-0.39, 0.29) is 23.6 Å². The number of carbonyl (C=O) groups is 1. The van der Waals surface area contributed by atoms with Crippen LogP contribution < -0.4 is 5.32 Å². The van der Waals surface area contributed by atoms with E-state index in [1.54, 1.807) is 12.1 Å². The van der Waals surface area contributed by atoms with Crippen LogP contribution in [0.2, 0.25) is 0 Å².